The minimum atomic E-state index is -4.48. The molecular formula is C31H41F4NO4. The van der Waals surface area contributed by atoms with Crippen molar-refractivity contribution in [3.8, 4) is 0 Å². The van der Waals surface area contributed by atoms with Crippen molar-refractivity contribution in [2.45, 2.75) is 90.1 Å². The summed E-state index contributed by atoms with van der Waals surface area (Å²) < 4.78 is 65.2. The number of aryl methyl sites for hydroxylation is 2. The molecule has 1 unspecified atom stereocenters. The number of aliphatic hydroxyl groups excluding tert-OH is 1. The van der Waals surface area contributed by atoms with Crippen LogP contribution in [0.25, 0.3) is 0 Å². The van der Waals surface area contributed by atoms with Crippen LogP contribution in [0, 0.1) is 12.7 Å². The highest BCUT2D eigenvalue weighted by atomic mass is 19.4. The van der Waals surface area contributed by atoms with Gasteiger partial charge in [0.1, 0.15) is 5.82 Å². The number of rotatable bonds is 14. The summed E-state index contributed by atoms with van der Waals surface area (Å²) in [6, 6.07) is 9.11. The lowest BCUT2D eigenvalue weighted by Gasteiger charge is -2.28. The molecule has 9 heteroatoms. The summed E-state index contributed by atoms with van der Waals surface area (Å²) in [5.41, 5.74) is 1.93. The summed E-state index contributed by atoms with van der Waals surface area (Å²) in [6.45, 7) is 6.63. The number of β-amino-alcohol motifs (C(OH)–C–C–N with tert-alkyl or cyclic N) is 1. The first-order valence-electron chi connectivity index (χ1n) is 14.1. The van der Waals surface area contributed by atoms with Gasteiger partial charge < -0.3 is 14.6 Å². The second-order valence-corrected chi connectivity index (χ2v) is 10.6. The number of esters is 1. The van der Waals surface area contributed by atoms with Gasteiger partial charge in [-0.25, -0.2) is 4.39 Å². The second kappa shape index (κ2) is 14.9. The number of hydrogen-bond donors (Lipinski definition) is 1. The van der Waals surface area contributed by atoms with Crippen LogP contribution in [0.2, 0.25) is 0 Å². The van der Waals surface area contributed by atoms with Crippen LogP contribution in [0.15, 0.2) is 36.4 Å². The Morgan fingerprint density at radius 3 is 2.65 bits per heavy atom. The highest BCUT2D eigenvalue weighted by molar-refractivity contribution is 5.69. The molecule has 0 bridgehead atoms. The molecule has 0 saturated carbocycles. The number of carbonyl (C=O) groups excluding carboxylic acids is 1. The van der Waals surface area contributed by atoms with E-state index in [4.69, 9.17) is 9.47 Å². The largest absolute Gasteiger partial charge is 0.466 e. The van der Waals surface area contributed by atoms with Gasteiger partial charge in [0.05, 0.1) is 31.0 Å². The first-order valence-corrected chi connectivity index (χ1v) is 14.1. The monoisotopic (exact) mass is 567 g/mol. The van der Waals surface area contributed by atoms with Crippen LogP contribution in [0.3, 0.4) is 0 Å². The first-order chi connectivity index (χ1) is 19.0. The molecule has 0 spiro atoms. The molecule has 0 aliphatic carbocycles. The smallest absolute Gasteiger partial charge is 0.416 e. The molecule has 1 fully saturated rings. The molecule has 3 rings (SSSR count). The molecule has 2 aromatic rings. The highest BCUT2D eigenvalue weighted by Crippen LogP contribution is 2.34. The van der Waals surface area contributed by atoms with Gasteiger partial charge in [-0.05, 0) is 106 Å². The van der Waals surface area contributed by atoms with Crippen molar-refractivity contribution in [1.29, 1.82) is 0 Å². The predicted molar refractivity (Wildman–Crippen MR) is 145 cm³/mol. The molecular weight excluding hydrogens is 526 g/mol. The molecule has 0 radical (unpaired) electrons. The standard InChI is InChI=1S/C31H41F4NO4/c1-4-39-30(38)10-6-5-8-24-13-14-25(31(33,34)35)18-28(24)22(3)40-20-27(37)19-36-15-7-9-26(36)16-23-12-11-21(2)29(32)17-23/h11-14,17-18,22,26-27,37H,4-10,15-16,19-20H2,1-3H3/t22?,26-,27+/m0/s1. The molecule has 1 aliphatic heterocycles. The topological polar surface area (TPSA) is 59.0 Å². The Morgan fingerprint density at radius 2 is 1.95 bits per heavy atom. The van der Waals surface area contributed by atoms with Crippen LogP contribution in [-0.4, -0.2) is 54.4 Å². The van der Waals surface area contributed by atoms with Crippen LogP contribution in [0.4, 0.5) is 17.6 Å². The zero-order chi connectivity index (χ0) is 29.3. The summed E-state index contributed by atoms with van der Waals surface area (Å²) in [6.07, 6.45) is -1.41. The number of nitrogens with zero attached hydrogens (tertiary/aromatic N) is 1. The van der Waals surface area contributed by atoms with Crippen LogP contribution in [0.1, 0.15) is 79.9 Å². The molecule has 2 aromatic carbocycles. The number of unbranched alkanes of at least 4 members (excludes halogenated alkanes) is 1. The molecule has 222 valence electrons. The van der Waals surface area contributed by atoms with Crippen molar-refractivity contribution in [3.63, 3.8) is 0 Å². The van der Waals surface area contributed by atoms with Crippen molar-refractivity contribution < 1.29 is 36.9 Å². The SMILES string of the molecule is CCOC(=O)CCCCc1ccc(C(F)(F)F)cc1C(C)OC[C@H](O)CN1CCC[C@H]1Cc1ccc(C)c(F)c1. The molecule has 5 nitrogen and oxygen atoms in total. The minimum absolute atomic E-state index is 0.0257. The van der Waals surface area contributed by atoms with E-state index in [1.807, 2.05) is 6.07 Å². The van der Waals surface area contributed by atoms with Crippen molar-refractivity contribution in [1.82, 2.24) is 4.90 Å². The quantitative estimate of drug-likeness (QED) is 0.159. The van der Waals surface area contributed by atoms with E-state index in [0.717, 1.165) is 42.6 Å². The van der Waals surface area contributed by atoms with Crippen molar-refractivity contribution in [2.75, 3.05) is 26.3 Å². The lowest BCUT2D eigenvalue weighted by atomic mass is 9.95. The third-order valence-corrected chi connectivity index (χ3v) is 7.48. The molecule has 1 N–H and O–H groups in total. The maximum Gasteiger partial charge on any atom is 0.416 e. The molecule has 1 aliphatic rings. The normalized spacial score (nSPS) is 17.6. The predicted octanol–water partition coefficient (Wildman–Crippen LogP) is 6.57. The third kappa shape index (κ3) is 9.56. The number of likely N-dealkylation sites (tertiary alicyclic amines) is 1. The van der Waals surface area contributed by atoms with Crippen LogP contribution in [0.5, 0.6) is 0 Å². The fraction of sp³-hybridized carbons (Fsp3) is 0.581. The fourth-order valence-corrected chi connectivity index (χ4v) is 5.27. The van der Waals surface area contributed by atoms with Crippen molar-refractivity contribution in [2.24, 2.45) is 0 Å². The number of halogens is 4. The molecule has 0 amide bonds. The number of benzene rings is 2. The minimum Gasteiger partial charge on any atom is -0.466 e. The zero-order valence-electron chi connectivity index (χ0n) is 23.6. The maximum absolute atomic E-state index is 14.0. The molecule has 3 atom stereocenters. The van der Waals surface area contributed by atoms with Gasteiger partial charge in [0.2, 0.25) is 0 Å². The van der Waals surface area contributed by atoms with Gasteiger partial charge >= 0.3 is 12.1 Å². The molecule has 1 heterocycles. The lowest BCUT2D eigenvalue weighted by Crippen LogP contribution is -2.39. The van der Waals surface area contributed by atoms with Crippen LogP contribution >= 0.6 is 0 Å². The number of aliphatic hydroxyl groups is 1. The molecule has 0 aromatic heterocycles. The molecule has 1 saturated heterocycles. The maximum atomic E-state index is 14.0. The Kier molecular flexibility index (Phi) is 12.0. The van der Waals surface area contributed by atoms with E-state index in [9.17, 15) is 27.5 Å². The number of hydrogen-bond acceptors (Lipinski definition) is 5. The van der Waals surface area contributed by atoms with E-state index < -0.39 is 23.9 Å². The van der Waals surface area contributed by atoms with Crippen molar-refractivity contribution >= 4 is 5.97 Å². The Bertz CT molecular complexity index is 1110. The summed E-state index contributed by atoms with van der Waals surface area (Å²) in [5, 5.41) is 10.7. The third-order valence-electron chi connectivity index (χ3n) is 7.48. The summed E-state index contributed by atoms with van der Waals surface area (Å²) in [5.74, 6) is -0.510. The second-order valence-electron chi connectivity index (χ2n) is 10.6. The van der Waals surface area contributed by atoms with Gasteiger partial charge in [0.15, 0.2) is 0 Å². The Balaban J connectivity index is 1.58. The average molecular weight is 568 g/mol. The summed E-state index contributed by atoms with van der Waals surface area (Å²) >= 11 is 0. The first kappa shape index (κ1) is 32.0. The van der Waals surface area contributed by atoms with Gasteiger partial charge in [0.25, 0.3) is 0 Å². The zero-order valence-corrected chi connectivity index (χ0v) is 23.6. The van der Waals surface area contributed by atoms with Gasteiger partial charge in [-0.3, -0.25) is 9.69 Å². The Labute approximate surface area is 234 Å². The summed E-state index contributed by atoms with van der Waals surface area (Å²) in [4.78, 5) is 13.8. The highest BCUT2D eigenvalue weighted by Gasteiger charge is 2.32. The molecule has 40 heavy (non-hydrogen) atoms. The van der Waals surface area contributed by atoms with Gasteiger partial charge in [-0.1, -0.05) is 18.2 Å². The summed E-state index contributed by atoms with van der Waals surface area (Å²) in [7, 11) is 0. The van der Waals surface area contributed by atoms with E-state index in [1.54, 1.807) is 32.9 Å². The van der Waals surface area contributed by atoms with E-state index >= 15 is 0 Å². The van der Waals surface area contributed by atoms with E-state index in [0.29, 0.717) is 50.0 Å². The average Bonchev–Trinajstić information content (AvgIpc) is 3.33. The number of alkyl halides is 3. The Morgan fingerprint density at radius 1 is 1.18 bits per heavy atom. The number of ether oxygens (including phenoxy) is 2. The van der Waals surface area contributed by atoms with Crippen LogP contribution in [-0.2, 0) is 33.3 Å². The van der Waals surface area contributed by atoms with Gasteiger partial charge in [0, 0.05) is 19.0 Å². The Hall–Kier alpha value is -2.49. The van der Waals surface area contributed by atoms with Crippen molar-refractivity contribution in [3.05, 3.63) is 70.0 Å². The fourth-order valence-electron chi connectivity index (χ4n) is 5.27. The number of carbonyl (C=O) groups is 1. The van der Waals surface area contributed by atoms with E-state index in [-0.39, 0.29) is 30.9 Å². The van der Waals surface area contributed by atoms with Gasteiger partial charge in [-0.15, -0.1) is 0 Å². The van der Waals surface area contributed by atoms with Crippen LogP contribution < -0.4 is 0 Å². The van der Waals surface area contributed by atoms with Gasteiger partial charge in [-0.2, -0.15) is 13.2 Å². The van der Waals surface area contributed by atoms with E-state index in [1.165, 1.54) is 6.07 Å². The lowest BCUT2D eigenvalue weighted by molar-refractivity contribution is -0.143. The van der Waals surface area contributed by atoms with E-state index in [2.05, 4.69) is 4.90 Å².